The van der Waals surface area contributed by atoms with Crippen molar-refractivity contribution in [3.8, 4) is 0 Å². The molecule has 0 aliphatic carbocycles. The first-order valence-corrected chi connectivity index (χ1v) is 8.12. The summed E-state index contributed by atoms with van der Waals surface area (Å²) in [5.74, 6) is -0.496. The maximum Gasteiger partial charge on any atom is 0.270 e. The second-order valence-electron chi connectivity index (χ2n) is 5.43. The molecule has 2 rings (SSSR count). The highest BCUT2D eigenvalue weighted by Gasteiger charge is 2.11. The number of unbranched alkanes of at least 4 members (excludes halogenated alkanes) is 2. The van der Waals surface area contributed by atoms with Crippen LogP contribution in [-0.4, -0.2) is 28.3 Å². The van der Waals surface area contributed by atoms with E-state index in [4.69, 9.17) is 0 Å². The minimum Gasteiger partial charge on any atom is -0.352 e. The first-order chi connectivity index (χ1) is 11.7. The van der Waals surface area contributed by atoms with Gasteiger partial charge in [0, 0.05) is 37.2 Å². The normalized spacial score (nSPS) is 10.2. The van der Waals surface area contributed by atoms with Crippen molar-refractivity contribution in [1.82, 2.24) is 20.6 Å². The first-order valence-electron chi connectivity index (χ1n) is 8.12. The van der Waals surface area contributed by atoms with Gasteiger partial charge in [-0.3, -0.25) is 19.6 Å². The molecule has 0 saturated heterocycles. The Morgan fingerprint density at radius 2 is 1.79 bits per heavy atom. The van der Waals surface area contributed by atoms with Crippen LogP contribution in [0.4, 0.5) is 0 Å². The van der Waals surface area contributed by atoms with Gasteiger partial charge in [-0.2, -0.15) is 0 Å². The SMILES string of the molecule is CCCCCNC(=O)c1ccnc(C(=O)NCc2ccncc2)c1. The third kappa shape index (κ3) is 5.46. The first kappa shape index (κ1) is 17.6. The summed E-state index contributed by atoms with van der Waals surface area (Å²) in [6, 6.07) is 6.77. The lowest BCUT2D eigenvalue weighted by molar-refractivity contribution is 0.0946. The molecule has 0 saturated carbocycles. The van der Waals surface area contributed by atoms with Crippen LogP contribution in [0.15, 0.2) is 42.9 Å². The van der Waals surface area contributed by atoms with E-state index in [0.717, 1.165) is 24.8 Å². The largest absolute Gasteiger partial charge is 0.352 e. The molecular formula is C18H22N4O2. The van der Waals surface area contributed by atoms with E-state index in [0.29, 0.717) is 18.7 Å². The van der Waals surface area contributed by atoms with Gasteiger partial charge in [-0.05, 0) is 36.2 Å². The average Bonchev–Trinajstić information content (AvgIpc) is 2.64. The van der Waals surface area contributed by atoms with Gasteiger partial charge >= 0.3 is 0 Å². The Morgan fingerprint density at radius 1 is 1.00 bits per heavy atom. The van der Waals surface area contributed by atoms with Gasteiger partial charge in [-0.1, -0.05) is 19.8 Å². The van der Waals surface area contributed by atoms with Gasteiger partial charge in [0.05, 0.1) is 0 Å². The number of carbonyl (C=O) groups excluding carboxylic acids is 2. The zero-order valence-electron chi connectivity index (χ0n) is 13.8. The van der Waals surface area contributed by atoms with E-state index in [2.05, 4.69) is 27.5 Å². The number of rotatable bonds is 8. The summed E-state index contributed by atoms with van der Waals surface area (Å²) in [7, 11) is 0. The number of aromatic nitrogens is 2. The smallest absolute Gasteiger partial charge is 0.270 e. The van der Waals surface area contributed by atoms with Crippen LogP contribution in [0.5, 0.6) is 0 Å². The van der Waals surface area contributed by atoms with Gasteiger partial charge in [-0.15, -0.1) is 0 Å². The molecule has 0 radical (unpaired) electrons. The number of pyridine rings is 2. The van der Waals surface area contributed by atoms with Gasteiger partial charge < -0.3 is 10.6 Å². The topological polar surface area (TPSA) is 84.0 Å². The van der Waals surface area contributed by atoms with Crippen molar-refractivity contribution in [2.45, 2.75) is 32.7 Å². The number of carbonyl (C=O) groups is 2. The standard InChI is InChI=1S/C18H22N4O2/c1-2-3-4-8-21-17(23)15-7-11-20-16(12-15)18(24)22-13-14-5-9-19-10-6-14/h5-7,9-12H,2-4,8,13H2,1H3,(H,21,23)(H,22,24). The predicted molar refractivity (Wildman–Crippen MR) is 91.5 cm³/mol. The molecule has 6 heteroatoms. The summed E-state index contributed by atoms with van der Waals surface area (Å²) in [4.78, 5) is 32.2. The molecule has 0 spiro atoms. The monoisotopic (exact) mass is 326 g/mol. The lowest BCUT2D eigenvalue weighted by Gasteiger charge is -2.07. The zero-order chi connectivity index (χ0) is 17.2. The van der Waals surface area contributed by atoms with E-state index in [-0.39, 0.29) is 17.5 Å². The molecule has 0 bridgehead atoms. The molecule has 2 heterocycles. The molecule has 0 aromatic carbocycles. The Balaban J connectivity index is 1.91. The highest BCUT2D eigenvalue weighted by Crippen LogP contribution is 2.04. The molecule has 126 valence electrons. The third-order valence-corrected chi connectivity index (χ3v) is 3.52. The van der Waals surface area contributed by atoms with Crippen LogP contribution in [0.1, 0.15) is 52.6 Å². The predicted octanol–water partition coefficient (Wildman–Crippen LogP) is 2.33. The molecule has 0 fully saturated rings. The summed E-state index contributed by atoms with van der Waals surface area (Å²) < 4.78 is 0. The number of nitrogens with zero attached hydrogens (tertiary/aromatic N) is 2. The molecule has 24 heavy (non-hydrogen) atoms. The fraction of sp³-hybridized carbons (Fsp3) is 0.333. The Morgan fingerprint density at radius 3 is 2.54 bits per heavy atom. The third-order valence-electron chi connectivity index (χ3n) is 3.52. The van der Waals surface area contributed by atoms with Crippen LogP contribution >= 0.6 is 0 Å². The summed E-state index contributed by atoms with van der Waals surface area (Å²) >= 11 is 0. The maximum atomic E-state index is 12.2. The molecule has 0 atom stereocenters. The molecule has 2 amide bonds. The van der Waals surface area contributed by atoms with E-state index < -0.39 is 0 Å². The molecule has 2 N–H and O–H groups in total. The fourth-order valence-corrected chi connectivity index (χ4v) is 2.15. The fourth-order valence-electron chi connectivity index (χ4n) is 2.15. The summed E-state index contributed by atoms with van der Waals surface area (Å²) in [6.07, 6.45) is 7.95. The molecular weight excluding hydrogens is 304 g/mol. The Bertz CT molecular complexity index is 674. The van der Waals surface area contributed by atoms with Crippen molar-refractivity contribution in [1.29, 1.82) is 0 Å². The Labute approximate surface area is 141 Å². The van der Waals surface area contributed by atoms with Crippen LogP contribution in [0.2, 0.25) is 0 Å². The molecule has 0 unspecified atom stereocenters. The minimum atomic E-state index is -0.313. The van der Waals surface area contributed by atoms with Crippen molar-refractivity contribution in [2.24, 2.45) is 0 Å². The van der Waals surface area contributed by atoms with Crippen molar-refractivity contribution in [2.75, 3.05) is 6.54 Å². The van der Waals surface area contributed by atoms with Gasteiger partial charge in [0.25, 0.3) is 11.8 Å². The lowest BCUT2D eigenvalue weighted by atomic mass is 10.2. The van der Waals surface area contributed by atoms with Crippen molar-refractivity contribution < 1.29 is 9.59 Å². The summed E-state index contributed by atoms with van der Waals surface area (Å²) in [5, 5.41) is 5.63. The van der Waals surface area contributed by atoms with E-state index in [9.17, 15) is 9.59 Å². The molecule has 0 aliphatic rings. The van der Waals surface area contributed by atoms with Crippen LogP contribution in [-0.2, 0) is 6.54 Å². The van der Waals surface area contributed by atoms with Crippen LogP contribution in [0, 0.1) is 0 Å². The highest BCUT2D eigenvalue weighted by atomic mass is 16.2. The van der Waals surface area contributed by atoms with Gasteiger partial charge in [0.15, 0.2) is 0 Å². The Kier molecular flexibility index (Phi) is 6.89. The van der Waals surface area contributed by atoms with Crippen LogP contribution in [0.3, 0.4) is 0 Å². The number of amides is 2. The van der Waals surface area contributed by atoms with E-state index in [1.165, 1.54) is 12.3 Å². The van der Waals surface area contributed by atoms with E-state index in [1.54, 1.807) is 18.5 Å². The molecule has 2 aromatic heterocycles. The van der Waals surface area contributed by atoms with Gasteiger partial charge in [-0.25, -0.2) is 0 Å². The van der Waals surface area contributed by atoms with E-state index in [1.807, 2.05) is 12.1 Å². The van der Waals surface area contributed by atoms with Crippen molar-refractivity contribution in [3.05, 3.63) is 59.7 Å². The van der Waals surface area contributed by atoms with Crippen LogP contribution < -0.4 is 10.6 Å². The van der Waals surface area contributed by atoms with Crippen molar-refractivity contribution >= 4 is 11.8 Å². The van der Waals surface area contributed by atoms with Gasteiger partial charge in [0.2, 0.25) is 0 Å². The number of hydrogen-bond acceptors (Lipinski definition) is 4. The Hall–Kier alpha value is -2.76. The number of hydrogen-bond donors (Lipinski definition) is 2. The zero-order valence-corrected chi connectivity index (χ0v) is 13.8. The van der Waals surface area contributed by atoms with Crippen LogP contribution in [0.25, 0.3) is 0 Å². The molecule has 0 aliphatic heterocycles. The minimum absolute atomic E-state index is 0.184. The van der Waals surface area contributed by atoms with Gasteiger partial charge in [0.1, 0.15) is 5.69 Å². The second kappa shape index (κ2) is 9.39. The van der Waals surface area contributed by atoms with E-state index >= 15 is 0 Å². The average molecular weight is 326 g/mol. The molecule has 6 nitrogen and oxygen atoms in total. The summed E-state index contributed by atoms with van der Waals surface area (Å²) in [5.41, 5.74) is 1.61. The lowest BCUT2D eigenvalue weighted by Crippen LogP contribution is -2.26. The molecule has 2 aromatic rings. The number of nitrogens with one attached hydrogen (secondary N) is 2. The second-order valence-corrected chi connectivity index (χ2v) is 5.43. The van der Waals surface area contributed by atoms with Crippen molar-refractivity contribution in [3.63, 3.8) is 0 Å². The summed E-state index contributed by atoms with van der Waals surface area (Å²) in [6.45, 7) is 3.14. The quantitative estimate of drug-likeness (QED) is 0.729. The maximum absolute atomic E-state index is 12.2. The highest BCUT2D eigenvalue weighted by molar-refractivity contribution is 5.98.